The van der Waals surface area contributed by atoms with Crippen molar-refractivity contribution in [3.8, 4) is 0 Å². The van der Waals surface area contributed by atoms with Crippen molar-refractivity contribution >= 4 is 16.4 Å². The van der Waals surface area contributed by atoms with E-state index in [1.165, 1.54) is 0 Å². The molecule has 0 atom stereocenters. The summed E-state index contributed by atoms with van der Waals surface area (Å²) in [6, 6.07) is 0. The minimum atomic E-state index is -4.43. The fraction of sp³-hybridized carbons (Fsp3) is 0.333. The maximum atomic E-state index is 10.7. The maximum Gasteiger partial charge on any atom is 0.524 e. The number of nitrogens with zero attached hydrogens (tertiary/aromatic N) is 4. The second-order valence-corrected chi connectivity index (χ2v) is 2.90. The fourth-order valence-corrected chi connectivity index (χ4v) is 1.01. The Morgan fingerprint density at radius 2 is 2.23 bits per heavy atom. The molecule has 0 saturated heterocycles. The van der Waals surface area contributed by atoms with Crippen LogP contribution in [-0.2, 0) is 19.4 Å². The number of carbonyl (C=O) groups is 1. The van der Waals surface area contributed by atoms with Crippen LogP contribution in [-0.4, -0.2) is 34.8 Å². The number of hydrogen-bond acceptors (Lipinski definition) is 8. The van der Waals surface area contributed by atoms with Crippen molar-refractivity contribution in [1.29, 1.82) is 0 Å². The van der Waals surface area contributed by atoms with Gasteiger partial charge in [-0.05, 0) is 15.3 Å². The first-order valence-corrected chi connectivity index (χ1v) is 4.21. The lowest BCUT2D eigenvalue weighted by atomic mass is 10.9. The molecule has 0 unspecified atom stereocenters. The Morgan fingerprint density at radius 1 is 1.54 bits per heavy atom. The molecule has 10 heteroatoms. The number of hydrogen-bond donors (Lipinski definition) is 0. The van der Waals surface area contributed by atoms with Gasteiger partial charge in [-0.3, -0.25) is 4.79 Å². The van der Waals surface area contributed by atoms with Crippen molar-refractivity contribution in [2.45, 2.75) is 6.92 Å². The lowest BCUT2D eigenvalue weighted by molar-refractivity contribution is -0.132. The Bertz CT molecular complexity index is 382. The monoisotopic (exact) mass is 208 g/mol. The predicted octanol–water partition coefficient (Wildman–Crippen LogP) is -2.09. The average Bonchev–Trinajstić information content (AvgIpc) is 2.34. The van der Waals surface area contributed by atoms with Crippen molar-refractivity contribution in [2.75, 3.05) is 0 Å². The summed E-state index contributed by atoms with van der Waals surface area (Å²) in [4.78, 5) is 10.7. The van der Waals surface area contributed by atoms with E-state index in [-0.39, 0.29) is 0 Å². The molecule has 0 spiro atoms. The Balaban J connectivity index is 2.68. The third-order valence-corrected chi connectivity index (χ3v) is 1.49. The molecular formula is C3H4N4O5S. The molecule has 0 aliphatic carbocycles. The van der Waals surface area contributed by atoms with E-state index in [2.05, 4.69) is 24.0 Å². The largest absolute Gasteiger partial charge is 0.524 e. The molecule has 0 aromatic carbocycles. The van der Waals surface area contributed by atoms with Crippen LogP contribution < -0.4 is 4.28 Å². The molecule has 0 aliphatic heterocycles. The zero-order valence-corrected chi connectivity index (χ0v) is 7.13. The summed E-state index contributed by atoms with van der Waals surface area (Å²) in [7, 11) is -4.43. The van der Waals surface area contributed by atoms with Crippen LogP contribution in [0.3, 0.4) is 0 Å². The van der Waals surface area contributed by atoms with E-state index in [1.807, 2.05) is 0 Å². The molecule has 0 radical (unpaired) electrons. The summed E-state index contributed by atoms with van der Waals surface area (Å²) < 4.78 is 29.3. The van der Waals surface area contributed by atoms with E-state index < -0.39 is 16.4 Å². The van der Waals surface area contributed by atoms with Gasteiger partial charge in [-0.25, -0.2) is 4.28 Å². The van der Waals surface area contributed by atoms with E-state index in [4.69, 9.17) is 0 Å². The SMILES string of the molecule is CC(=O)OS(=O)(=O)On1cnnn1. The van der Waals surface area contributed by atoms with Gasteiger partial charge >= 0.3 is 16.4 Å². The van der Waals surface area contributed by atoms with Gasteiger partial charge in [0.1, 0.15) is 0 Å². The molecule has 0 aliphatic rings. The molecule has 72 valence electrons. The highest BCUT2D eigenvalue weighted by Crippen LogP contribution is 1.90. The third kappa shape index (κ3) is 3.02. The number of rotatable bonds is 3. The Kier molecular flexibility index (Phi) is 2.41. The van der Waals surface area contributed by atoms with Crippen LogP contribution in [0.15, 0.2) is 6.33 Å². The molecular weight excluding hydrogens is 204 g/mol. The van der Waals surface area contributed by atoms with Crippen LogP contribution in [0.2, 0.25) is 0 Å². The molecule has 13 heavy (non-hydrogen) atoms. The van der Waals surface area contributed by atoms with Crippen molar-refractivity contribution in [3.05, 3.63) is 6.33 Å². The zero-order valence-electron chi connectivity index (χ0n) is 6.32. The van der Waals surface area contributed by atoms with Crippen LogP contribution in [0.1, 0.15) is 6.92 Å². The summed E-state index contributed by atoms with van der Waals surface area (Å²) in [5, 5.41) is 9.25. The standard InChI is InChI=1S/C3H4N4O5S/c1-3(8)11-13(9,10)12-7-2-4-5-6-7/h2H,1H3. The van der Waals surface area contributed by atoms with Crippen LogP contribution in [0.4, 0.5) is 0 Å². The van der Waals surface area contributed by atoms with Crippen molar-refractivity contribution < 1.29 is 21.7 Å². The second kappa shape index (κ2) is 3.35. The molecule has 1 rings (SSSR count). The van der Waals surface area contributed by atoms with Crippen LogP contribution >= 0.6 is 0 Å². The Hall–Kier alpha value is -1.71. The van der Waals surface area contributed by atoms with E-state index >= 15 is 0 Å². The highest BCUT2D eigenvalue weighted by molar-refractivity contribution is 7.82. The molecule has 1 aromatic rings. The highest BCUT2D eigenvalue weighted by atomic mass is 32.3. The molecule has 0 saturated carbocycles. The van der Waals surface area contributed by atoms with Gasteiger partial charge in [0.15, 0.2) is 6.33 Å². The van der Waals surface area contributed by atoms with Gasteiger partial charge in [-0.2, -0.15) is 0 Å². The van der Waals surface area contributed by atoms with Crippen molar-refractivity contribution in [1.82, 2.24) is 20.4 Å². The molecule has 0 fully saturated rings. The van der Waals surface area contributed by atoms with Gasteiger partial charge in [0, 0.05) is 6.92 Å². The molecule has 0 bridgehead atoms. The average molecular weight is 208 g/mol. The predicted molar refractivity (Wildman–Crippen MR) is 35.1 cm³/mol. The lowest BCUT2D eigenvalue weighted by Gasteiger charge is -2.00. The normalized spacial score (nSPS) is 10.8. The quantitative estimate of drug-likeness (QED) is 0.555. The molecule has 1 heterocycles. The van der Waals surface area contributed by atoms with Crippen molar-refractivity contribution in [2.24, 2.45) is 0 Å². The summed E-state index contributed by atoms with van der Waals surface area (Å²) in [5.74, 6) is -1.02. The number of tetrazole rings is 1. The van der Waals surface area contributed by atoms with E-state index in [0.29, 0.717) is 4.85 Å². The smallest absolute Gasteiger partial charge is 0.315 e. The van der Waals surface area contributed by atoms with E-state index in [1.54, 1.807) is 0 Å². The Morgan fingerprint density at radius 3 is 2.69 bits per heavy atom. The molecule has 0 N–H and O–H groups in total. The number of aromatic nitrogens is 4. The van der Waals surface area contributed by atoms with Gasteiger partial charge in [0.25, 0.3) is 0 Å². The van der Waals surface area contributed by atoms with E-state index in [0.717, 1.165) is 13.3 Å². The van der Waals surface area contributed by atoms with Gasteiger partial charge in [0.05, 0.1) is 0 Å². The van der Waals surface area contributed by atoms with Crippen LogP contribution in [0.5, 0.6) is 0 Å². The molecule has 9 nitrogen and oxygen atoms in total. The van der Waals surface area contributed by atoms with Crippen LogP contribution in [0, 0.1) is 0 Å². The zero-order chi connectivity index (χ0) is 9.90. The first kappa shape index (κ1) is 9.38. The van der Waals surface area contributed by atoms with Gasteiger partial charge in [-0.15, -0.1) is 13.5 Å². The first-order chi connectivity index (χ1) is 5.99. The lowest BCUT2D eigenvalue weighted by Crippen LogP contribution is -2.24. The van der Waals surface area contributed by atoms with E-state index in [9.17, 15) is 13.2 Å². The summed E-state index contributed by atoms with van der Waals surface area (Å²) >= 11 is 0. The number of carbonyl (C=O) groups excluding carboxylic acids is 1. The highest BCUT2D eigenvalue weighted by Gasteiger charge is 2.17. The minimum Gasteiger partial charge on any atom is -0.315 e. The summed E-state index contributed by atoms with van der Waals surface area (Å²) in [5.41, 5.74) is 0. The third-order valence-electron chi connectivity index (χ3n) is 0.717. The molecule has 0 amide bonds. The minimum absolute atomic E-state index is 0.429. The summed E-state index contributed by atoms with van der Waals surface area (Å²) in [6.07, 6.45) is 0.876. The Labute approximate surface area is 72.5 Å². The maximum absolute atomic E-state index is 10.7. The first-order valence-electron chi connectivity index (χ1n) is 2.87. The summed E-state index contributed by atoms with van der Waals surface area (Å²) in [6.45, 7) is 0.917. The van der Waals surface area contributed by atoms with Crippen molar-refractivity contribution in [3.63, 3.8) is 0 Å². The fourth-order valence-electron chi connectivity index (χ4n) is 0.440. The second-order valence-electron chi connectivity index (χ2n) is 1.77. The van der Waals surface area contributed by atoms with Gasteiger partial charge in [-0.1, -0.05) is 0 Å². The topological polar surface area (TPSA) is 113 Å². The van der Waals surface area contributed by atoms with Crippen LogP contribution in [0.25, 0.3) is 0 Å². The van der Waals surface area contributed by atoms with Gasteiger partial charge in [0.2, 0.25) is 0 Å². The molecule has 1 aromatic heterocycles. The van der Waals surface area contributed by atoms with Gasteiger partial charge < -0.3 is 4.18 Å².